The summed E-state index contributed by atoms with van der Waals surface area (Å²) in [6.07, 6.45) is 0. The van der Waals surface area contributed by atoms with E-state index in [9.17, 15) is 8.78 Å². The van der Waals surface area contributed by atoms with Crippen LogP contribution in [-0.2, 0) is 0 Å². The van der Waals surface area contributed by atoms with Gasteiger partial charge >= 0.3 is 0 Å². The van der Waals surface area contributed by atoms with Gasteiger partial charge in [-0.2, -0.15) is 0 Å². The fourth-order valence-corrected chi connectivity index (χ4v) is 2.55. The first kappa shape index (κ1) is 15.4. The molecule has 0 saturated heterocycles. The highest BCUT2D eigenvalue weighted by molar-refractivity contribution is 5.50. The molecule has 21 heavy (non-hydrogen) atoms. The van der Waals surface area contributed by atoms with Crippen LogP contribution >= 0.6 is 0 Å². The van der Waals surface area contributed by atoms with Crippen molar-refractivity contribution in [3.8, 4) is 0 Å². The van der Waals surface area contributed by atoms with Crippen molar-refractivity contribution < 1.29 is 8.78 Å². The van der Waals surface area contributed by atoms with Crippen LogP contribution in [-0.4, -0.2) is 13.1 Å². The first-order valence-corrected chi connectivity index (χ1v) is 7.05. The molecule has 1 atom stereocenters. The lowest BCUT2D eigenvalue weighted by Crippen LogP contribution is -2.35. The standard InChI is InChI=1S/C17H20F2N2/c1-3-21(13-9-7-12(2)8-10-13)16(11-20)17-14(18)5-4-6-15(17)19/h4-10,16H,3,11,20H2,1-2H3. The van der Waals surface area contributed by atoms with Crippen molar-refractivity contribution >= 4 is 5.69 Å². The Hall–Kier alpha value is -1.94. The smallest absolute Gasteiger partial charge is 0.131 e. The number of anilines is 1. The summed E-state index contributed by atoms with van der Waals surface area (Å²) in [5.41, 5.74) is 7.88. The summed E-state index contributed by atoms with van der Waals surface area (Å²) >= 11 is 0. The molecule has 0 radical (unpaired) electrons. The summed E-state index contributed by atoms with van der Waals surface area (Å²) in [5, 5.41) is 0. The summed E-state index contributed by atoms with van der Waals surface area (Å²) in [6, 6.07) is 11.2. The first-order valence-electron chi connectivity index (χ1n) is 7.05. The molecule has 0 fully saturated rings. The van der Waals surface area contributed by atoms with Crippen molar-refractivity contribution in [3.63, 3.8) is 0 Å². The van der Waals surface area contributed by atoms with E-state index in [0.717, 1.165) is 11.3 Å². The van der Waals surface area contributed by atoms with Crippen molar-refractivity contribution in [2.45, 2.75) is 19.9 Å². The lowest BCUT2D eigenvalue weighted by molar-refractivity contribution is 0.512. The molecule has 2 aromatic carbocycles. The number of likely N-dealkylation sites (N-methyl/N-ethyl adjacent to an activating group) is 1. The van der Waals surface area contributed by atoms with Gasteiger partial charge in [-0.3, -0.25) is 0 Å². The van der Waals surface area contributed by atoms with Gasteiger partial charge in [0.1, 0.15) is 11.6 Å². The largest absolute Gasteiger partial charge is 0.363 e. The molecule has 0 aliphatic rings. The Morgan fingerprint density at radius 3 is 2.10 bits per heavy atom. The fraction of sp³-hybridized carbons (Fsp3) is 0.294. The molecule has 1 unspecified atom stereocenters. The highest BCUT2D eigenvalue weighted by Gasteiger charge is 2.24. The third kappa shape index (κ3) is 3.22. The second-order valence-electron chi connectivity index (χ2n) is 5.01. The molecule has 2 N–H and O–H groups in total. The molecule has 112 valence electrons. The van der Waals surface area contributed by atoms with E-state index < -0.39 is 17.7 Å². The number of nitrogens with two attached hydrogens (primary N) is 1. The highest BCUT2D eigenvalue weighted by Crippen LogP contribution is 2.29. The maximum atomic E-state index is 14.0. The monoisotopic (exact) mass is 290 g/mol. The minimum atomic E-state index is -0.559. The molecule has 2 aromatic rings. The second kappa shape index (κ2) is 6.68. The van der Waals surface area contributed by atoms with Gasteiger partial charge in [-0.1, -0.05) is 23.8 Å². The van der Waals surface area contributed by atoms with Crippen molar-refractivity contribution in [1.29, 1.82) is 0 Å². The van der Waals surface area contributed by atoms with E-state index in [4.69, 9.17) is 5.73 Å². The van der Waals surface area contributed by atoms with Crippen LogP contribution in [0, 0.1) is 18.6 Å². The van der Waals surface area contributed by atoms with Gasteiger partial charge in [-0.25, -0.2) is 8.78 Å². The Labute approximate surface area is 124 Å². The molecule has 0 aromatic heterocycles. The second-order valence-corrected chi connectivity index (χ2v) is 5.01. The number of rotatable bonds is 5. The number of hydrogen-bond donors (Lipinski definition) is 1. The number of nitrogens with zero attached hydrogens (tertiary/aromatic N) is 1. The van der Waals surface area contributed by atoms with Gasteiger partial charge < -0.3 is 10.6 Å². The third-order valence-electron chi connectivity index (χ3n) is 3.64. The normalized spacial score (nSPS) is 12.2. The summed E-state index contributed by atoms with van der Waals surface area (Å²) in [7, 11) is 0. The Morgan fingerprint density at radius 1 is 1.05 bits per heavy atom. The Kier molecular flexibility index (Phi) is 4.91. The van der Waals surface area contributed by atoms with E-state index in [1.807, 2.05) is 43.0 Å². The Bertz CT molecular complexity index is 576. The van der Waals surface area contributed by atoms with Crippen molar-refractivity contribution in [3.05, 3.63) is 65.2 Å². The average Bonchev–Trinajstić information content (AvgIpc) is 2.47. The van der Waals surface area contributed by atoms with Gasteiger partial charge in [-0.05, 0) is 38.1 Å². The number of benzene rings is 2. The molecular formula is C17H20F2N2. The van der Waals surface area contributed by atoms with Gasteiger partial charge in [0.25, 0.3) is 0 Å². The average molecular weight is 290 g/mol. The lowest BCUT2D eigenvalue weighted by atomic mass is 10.0. The zero-order chi connectivity index (χ0) is 15.4. The van der Waals surface area contributed by atoms with Gasteiger partial charge in [0.05, 0.1) is 6.04 Å². The predicted octanol–water partition coefficient (Wildman–Crippen LogP) is 3.80. The number of aryl methyl sites for hydroxylation is 1. The van der Waals surface area contributed by atoms with Gasteiger partial charge in [0.2, 0.25) is 0 Å². The Balaban J connectivity index is 2.45. The molecule has 0 saturated carbocycles. The number of halogens is 2. The van der Waals surface area contributed by atoms with E-state index in [2.05, 4.69) is 0 Å². The minimum Gasteiger partial charge on any atom is -0.363 e. The maximum Gasteiger partial charge on any atom is 0.131 e. The zero-order valence-electron chi connectivity index (χ0n) is 12.3. The molecule has 4 heteroatoms. The molecule has 0 heterocycles. The first-order chi connectivity index (χ1) is 10.1. The van der Waals surface area contributed by atoms with E-state index in [1.54, 1.807) is 0 Å². The molecule has 2 rings (SSSR count). The van der Waals surface area contributed by atoms with Crippen molar-refractivity contribution in [2.24, 2.45) is 5.73 Å². The highest BCUT2D eigenvalue weighted by atomic mass is 19.1. The molecule has 0 amide bonds. The number of hydrogen-bond acceptors (Lipinski definition) is 2. The van der Waals surface area contributed by atoms with Crippen molar-refractivity contribution in [2.75, 3.05) is 18.0 Å². The molecule has 0 aliphatic heterocycles. The maximum absolute atomic E-state index is 14.0. The Morgan fingerprint density at radius 2 is 1.62 bits per heavy atom. The van der Waals surface area contributed by atoms with Crippen LogP contribution in [0.4, 0.5) is 14.5 Å². The molecule has 2 nitrogen and oxygen atoms in total. The topological polar surface area (TPSA) is 29.3 Å². The summed E-state index contributed by atoms with van der Waals surface area (Å²) in [4.78, 5) is 1.92. The lowest BCUT2D eigenvalue weighted by Gasteiger charge is -2.32. The zero-order valence-corrected chi connectivity index (χ0v) is 12.3. The van der Waals surface area contributed by atoms with Crippen molar-refractivity contribution in [1.82, 2.24) is 0 Å². The summed E-state index contributed by atoms with van der Waals surface area (Å²) < 4.78 is 28.1. The van der Waals surface area contributed by atoms with E-state index in [-0.39, 0.29) is 12.1 Å². The SMILES string of the molecule is CCN(c1ccc(C)cc1)C(CN)c1c(F)cccc1F. The van der Waals surface area contributed by atoms with E-state index in [0.29, 0.717) is 6.54 Å². The van der Waals surface area contributed by atoms with Crippen LogP contribution in [0.2, 0.25) is 0 Å². The third-order valence-corrected chi connectivity index (χ3v) is 3.64. The molecule has 0 aliphatic carbocycles. The summed E-state index contributed by atoms with van der Waals surface area (Å²) in [6.45, 7) is 4.69. The van der Waals surface area contributed by atoms with Crippen LogP contribution < -0.4 is 10.6 Å². The van der Waals surface area contributed by atoms with Crippen LogP contribution in [0.5, 0.6) is 0 Å². The molecule has 0 spiro atoms. The molecule has 0 bridgehead atoms. The predicted molar refractivity (Wildman–Crippen MR) is 82.4 cm³/mol. The minimum absolute atomic E-state index is 0.0300. The van der Waals surface area contributed by atoms with Crippen LogP contribution in [0.15, 0.2) is 42.5 Å². The van der Waals surface area contributed by atoms with E-state index in [1.165, 1.54) is 18.2 Å². The van der Waals surface area contributed by atoms with Crippen LogP contribution in [0.25, 0.3) is 0 Å². The van der Waals surface area contributed by atoms with Crippen LogP contribution in [0.3, 0.4) is 0 Å². The van der Waals surface area contributed by atoms with Gasteiger partial charge in [0, 0.05) is 24.3 Å². The van der Waals surface area contributed by atoms with Gasteiger partial charge in [-0.15, -0.1) is 0 Å². The fourth-order valence-electron chi connectivity index (χ4n) is 2.55. The van der Waals surface area contributed by atoms with Crippen LogP contribution in [0.1, 0.15) is 24.1 Å². The van der Waals surface area contributed by atoms with E-state index >= 15 is 0 Å². The summed E-state index contributed by atoms with van der Waals surface area (Å²) in [5.74, 6) is -1.12. The quantitative estimate of drug-likeness (QED) is 0.907. The molecular weight excluding hydrogens is 270 g/mol. The van der Waals surface area contributed by atoms with Gasteiger partial charge in [0.15, 0.2) is 0 Å².